The first-order chi connectivity index (χ1) is 8.52. The number of hydrogen-bond acceptors (Lipinski definition) is 4. The zero-order valence-electron chi connectivity index (χ0n) is 9.72. The second kappa shape index (κ2) is 4.77. The molecule has 1 heterocycles. The average molecular weight is 312 g/mol. The lowest BCUT2D eigenvalue weighted by Crippen LogP contribution is -2.03. The third kappa shape index (κ3) is 2.21. The number of ether oxygens (including phenoxy) is 1. The van der Waals surface area contributed by atoms with Gasteiger partial charge in [-0.2, -0.15) is 0 Å². The van der Waals surface area contributed by atoms with E-state index in [0.717, 1.165) is 4.47 Å². The normalized spacial score (nSPS) is 10.4. The quantitative estimate of drug-likeness (QED) is 0.938. The molecule has 1 N–H and O–H groups in total. The van der Waals surface area contributed by atoms with Gasteiger partial charge >= 0.3 is 5.97 Å². The van der Waals surface area contributed by atoms with Crippen LogP contribution in [0.5, 0.6) is 5.75 Å². The second-order valence-corrected chi connectivity index (χ2v) is 4.37. The molecule has 0 spiro atoms. The van der Waals surface area contributed by atoms with Crippen molar-refractivity contribution in [2.45, 2.75) is 6.92 Å². The van der Waals surface area contributed by atoms with Gasteiger partial charge in [-0.15, -0.1) is 5.10 Å². The number of benzene rings is 1. The van der Waals surface area contributed by atoms with Crippen LogP contribution in [-0.4, -0.2) is 33.0 Å². The van der Waals surface area contributed by atoms with E-state index in [1.165, 1.54) is 4.68 Å². The van der Waals surface area contributed by atoms with Gasteiger partial charge in [-0.3, -0.25) is 0 Å². The largest absolute Gasteiger partial charge is 0.497 e. The lowest BCUT2D eigenvalue weighted by Gasteiger charge is -2.07. The molecule has 0 amide bonds. The Kier molecular flexibility index (Phi) is 3.33. The summed E-state index contributed by atoms with van der Waals surface area (Å²) in [5.74, 6) is -0.251. The zero-order chi connectivity index (χ0) is 13.3. The summed E-state index contributed by atoms with van der Waals surface area (Å²) in [7, 11) is 1.56. The Balaban J connectivity index is 2.57. The number of halogens is 1. The van der Waals surface area contributed by atoms with Crippen LogP contribution >= 0.6 is 15.9 Å². The molecule has 94 valence electrons. The molecule has 0 radical (unpaired) electrons. The standard InChI is InChI=1S/C11H10BrN3O3/c1-6-13-10(11(16)17)14-15(6)9-5-7(18-2)3-4-8(9)12/h3-5H,1-2H3,(H,16,17). The van der Waals surface area contributed by atoms with Gasteiger partial charge in [0.2, 0.25) is 0 Å². The molecule has 2 aromatic rings. The number of carboxylic acid groups (broad SMARTS) is 1. The lowest BCUT2D eigenvalue weighted by atomic mass is 10.3. The van der Waals surface area contributed by atoms with Gasteiger partial charge < -0.3 is 9.84 Å². The van der Waals surface area contributed by atoms with Crippen LogP contribution in [0.1, 0.15) is 16.4 Å². The predicted molar refractivity (Wildman–Crippen MR) is 67.3 cm³/mol. The first kappa shape index (κ1) is 12.6. The molecule has 1 aromatic carbocycles. The van der Waals surface area contributed by atoms with E-state index in [9.17, 15) is 4.79 Å². The second-order valence-electron chi connectivity index (χ2n) is 3.52. The molecular formula is C11H10BrN3O3. The molecule has 7 heteroatoms. The summed E-state index contributed by atoms with van der Waals surface area (Å²) in [6, 6.07) is 5.34. The van der Waals surface area contributed by atoms with Crippen molar-refractivity contribution < 1.29 is 14.6 Å². The molecule has 0 aliphatic rings. The van der Waals surface area contributed by atoms with Crippen LogP contribution in [0.3, 0.4) is 0 Å². The van der Waals surface area contributed by atoms with Crippen molar-refractivity contribution >= 4 is 21.9 Å². The molecule has 18 heavy (non-hydrogen) atoms. The van der Waals surface area contributed by atoms with Crippen molar-refractivity contribution in [1.82, 2.24) is 14.8 Å². The molecular weight excluding hydrogens is 302 g/mol. The fourth-order valence-electron chi connectivity index (χ4n) is 1.49. The highest BCUT2D eigenvalue weighted by Gasteiger charge is 2.15. The molecule has 0 bridgehead atoms. The van der Waals surface area contributed by atoms with Crippen molar-refractivity contribution in [2.75, 3.05) is 7.11 Å². The summed E-state index contributed by atoms with van der Waals surface area (Å²) in [5.41, 5.74) is 0.673. The SMILES string of the molecule is COc1ccc(Br)c(-n2nc(C(=O)O)nc2C)c1. The summed E-state index contributed by atoms with van der Waals surface area (Å²) in [6.07, 6.45) is 0. The van der Waals surface area contributed by atoms with Gasteiger partial charge in [-0.05, 0) is 35.0 Å². The minimum absolute atomic E-state index is 0.234. The molecule has 0 aliphatic heterocycles. The summed E-state index contributed by atoms with van der Waals surface area (Å²) in [6.45, 7) is 1.69. The highest BCUT2D eigenvalue weighted by Crippen LogP contribution is 2.26. The highest BCUT2D eigenvalue weighted by molar-refractivity contribution is 9.10. The third-order valence-corrected chi connectivity index (χ3v) is 3.01. The number of nitrogens with zero attached hydrogens (tertiary/aromatic N) is 3. The third-order valence-electron chi connectivity index (χ3n) is 2.34. The maximum absolute atomic E-state index is 10.8. The molecule has 0 saturated heterocycles. The first-order valence-corrected chi connectivity index (χ1v) is 5.83. The topological polar surface area (TPSA) is 77.2 Å². The molecule has 0 fully saturated rings. The Morgan fingerprint density at radius 2 is 2.22 bits per heavy atom. The minimum atomic E-state index is -1.16. The van der Waals surface area contributed by atoms with Crippen molar-refractivity contribution in [3.05, 3.63) is 34.3 Å². The molecule has 0 aliphatic carbocycles. The number of carboxylic acids is 1. The van der Waals surface area contributed by atoms with E-state index in [-0.39, 0.29) is 5.82 Å². The van der Waals surface area contributed by atoms with Crippen LogP contribution in [0.4, 0.5) is 0 Å². The van der Waals surface area contributed by atoms with Crippen molar-refractivity contribution in [3.63, 3.8) is 0 Å². The van der Waals surface area contributed by atoms with Crippen LogP contribution in [0.25, 0.3) is 5.69 Å². The Labute approximate surface area is 111 Å². The predicted octanol–water partition coefficient (Wildman–Crippen LogP) is 2.05. The Morgan fingerprint density at radius 1 is 1.50 bits per heavy atom. The van der Waals surface area contributed by atoms with Crippen LogP contribution in [0.15, 0.2) is 22.7 Å². The van der Waals surface area contributed by atoms with E-state index < -0.39 is 5.97 Å². The van der Waals surface area contributed by atoms with E-state index in [1.54, 1.807) is 32.2 Å². The Morgan fingerprint density at radius 3 is 2.78 bits per heavy atom. The molecule has 0 saturated carbocycles. The van der Waals surface area contributed by atoms with Crippen LogP contribution in [-0.2, 0) is 0 Å². The molecule has 6 nitrogen and oxygen atoms in total. The molecule has 0 unspecified atom stereocenters. The monoisotopic (exact) mass is 311 g/mol. The van der Waals surface area contributed by atoms with Crippen molar-refractivity contribution in [3.8, 4) is 11.4 Å². The van der Waals surface area contributed by atoms with E-state index in [2.05, 4.69) is 26.0 Å². The number of aromatic nitrogens is 3. The number of methoxy groups -OCH3 is 1. The Bertz CT molecular complexity index is 610. The molecule has 1 aromatic heterocycles. The fourth-order valence-corrected chi connectivity index (χ4v) is 1.91. The number of rotatable bonds is 3. The van der Waals surface area contributed by atoms with Gasteiger partial charge in [-0.1, -0.05) is 0 Å². The van der Waals surface area contributed by atoms with Gasteiger partial charge in [0.25, 0.3) is 5.82 Å². The first-order valence-electron chi connectivity index (χ1n) is 5.04. The zero-order valence-corrected chi connectivity index (χ0v) is 11.3. The van der Waals surface area contributed by atoms with E-state index >= 15 is 0 Å². The Hall–Kier alpha value is -1.89. The summed E-state index contributed by atoms with van der Waals surface area (Å²) in [5, 5.41) is 12.8. The lowest BCUT2D eigenvalue weighted by molar-refractivity contribution is 0.0683. The average Bonchev–Trinajstić information content (AvgIpc) is 2.72. The van der Waals surface area contributed by atoms with Gasteiger partial charge in [0.15, 0.2) is 0 Å². The molecule has 0 atom stereocenters. The summed E-state index contributed by atoms with van der Waals surface area (Å²) < 4.78 is 7.35. The van der Waals surface area contributed by atoms with Gasteiger partial charge in [0.05, 0.1) is 12.8 Å². The van der Waals surface area contributed by atoms with Gasteiger partial charge in [0, 0.05) is 10.5 Å². The smallest absolute Gasteiger partial charge is 0.375 e. The maximum atomic E-state index is 10.8. The number of carbonyl (C=O) groups is 1. The van der Waals surface area contributed by atoms with Gasteiger partial charge in [0.1, 0.15) is 11.6 Å². The van der Waals surface area contributed by atoms with Crippen LogP contribution in [0, 0.1) is 6.92 Å². The maximum Gasteiger partial charge on any atom is 0.375 e. The number of hydrogen-bond donors (Lipinski definition) is 1. The van der Waals surface area contributed by atoms with E-state index in [0.29, 0.717) is 17.3 Å². The number of aryl methyl sites for hydroxylation is 1. The number of aromatic carboxylic acids is 1. The summed E-state index contributed by atoms with van der Waals surface area (Å²) >= 11 is 3.39. The van der Waals surface area contributed by atoms with E-state index in [4.69, 9.17) is 9.84 Å². The fraction of sp³-hybridized carbons (Fsp3) is 0.182. The summed E-state index contributed by atoms with van der Waals surface area (Å²) in [4.78, 5) is 14.7. The molecule has 2 rings (SSSR count). The van der Waals surface area contributed by atoms with Crippen molar-refractivity contribution in [1.29, 1.82) is 0 Å². The van der Waals surface area contributed by atoms with Gasteiger partial charge in [-0.25, -0.2) is 14.5 Å². The van der Waals surface area contributed by atoms with Crippen LogP contribution in [0.2, 0.25) is 0 Å². The van der Waals surface area contributed by atoms with Crippen molar-refractivity contribution in [2.24, 2.45) is 0 Å². The van der Waals surface area contributed by atoms with Crippen LogP contribution < -0.4 is 4.74 Å². The highest BCUT2D eigenvalue weighted by atomic mass is 79.9. The minimum Gasteiger partial charge on any atom is -0.497 e. The van der Waals surface area contributed by atoms with E-state index in [1.807, 2.05) is 0 Å².